The molecule has 6 nitrogen and oxygen atoms in total. The van der Waals surface area contributed by atoms with Crippen molar-refractivity contribution >= 4 is 29.4 Å². The Morgan fingerprint density at radius 3 is 2.21 bits per heavy atom. The van der Waals surface area contributed by atoms with Crippen LogP contribution in [0.4, 0.5) is 0 Å². The molecule has 0 aliphatic carbocycles. The standard InChI is InChI=1S/C12H14ClNO5/c1-14-8(6-10(14)15)4-7(13)5-9(11(16)18-2)12(17)19-3/h4-5,9H,6H2,1-3H3/b7-5-,8-4+. The van der Waals surface area contributed by atoms with E-state index in [0.29, 0.717) is 5.70 Å². The second-order valence-electron chi connectivity index (χ2n) is 3.84. The normalized spacial score (nSPS) is 17.5. The predicted molar refractivity (Wildman–Crippen MR) is 66.9 cm³/mol. The third-order valence-electron chi connectivity index (χ3n) is 2.68. The summed E-state index contributed by atoms with van der Waals surface area (Å²) in [6.45, 7) is 0. The van der Waals surface area contributed by atoms with E-state index in [4.69, 9.17) is 11.6 Å². The van der Waals surface area contributed by atoms with E-state index in [1.807, 2.05) is 0 Å². The van der Waals surface area contributed by atoms with Crippen molar-refractivity contribution in [2.75, 3.05) is 21.3 Å². The van der Waals surface area contributed by atoms with Gasteiger partial charge < -0.3 is 14.4 Å². The molecule has 1 fully saturated rings. The van der Waals surface area contributed by atoms with Gasteiger partial charge in [-0.3, -0.25) is 14.4 Å². The zero-order valence-corrected chi connectivity index (χ0v) is 11.6. The monoisotopic (exact) mass is 287 g/mol. The number of hydrogen-bond donors (Lipinski definition) is 0. The van der Waals surface area contributed by atoms with Gasteiger partial charge in [0.15, 0.2) is 5.92 Å². The van der Waals surface area contributed by atoms with Crippen LogP contribution in [0.1, 0.15) is 6.42 Å². The van der Waals surface area contributed by atoms with Gasteiger partial charge in [0.25, 0.3) is 0 Å². The fourth-order valence-electron chi connectivity index (χ4n) is 1.46. The van der Waals surface area contributed by atoms with Crippen LogP contribution in [0.25, 0.3) is 0 Å². The maximum absolute atomic E-state index is 11.4. The molecular weight excluding hydrogens is 274 g/mol. The highest BCUT2D eigenvalue weighted by atomic mass is 35.5. The Bertz CT molecular complexity index is 453. The molecule has 0 unspecified atom stereocenters. The molecule has 0 aromatic rings. The third-order valence-corrected chi connectivity index (χ3v) is 2.91. The molecule has 0 aromatic carbocycles. The van der Waals surface area contributed by atoms with Gasteiger partial charge >= 0.3 is 11.9 Å². The number of allylic oxidation sites excluding steroid dienone is 2. The summed E-state index contributed by atoms with van der Waals surface area (Å²) < 4.78 is 8.98. The second kappa shape index (κ2) is 6.38. The first-order valence-electron chi connectivity index (χ1n) is 5.40. The fourth-order valence-corrected chi connectivity index (χ4v) is 1.71. The predicted octanol–water partition coefficient (Wildman–Crippen LogP) is 0.817. The minimum atomic E-state index is -1.22. The van der Waals surface area contributed by atoms with E-state index in [9.17, 15) is 14.4 Å². The lowest BCUT2D eigenvalue weighted by atomic mass is 10.1. The van der Waals surface area contributed by atoms with Crippen molar-refractivity contribution < 1.29 is 23.9 Å². The third kappa shape index (κ3) is 3.57. The van der Waals surface area contributed by atoms with Crippen LogP contribution in [0.2, 0.25) is 0 Å². The lowest BCUT2D eigenvalue weighted by molar-refractivity contribution is -0.156. The topological polar surface area (TPSA) is 72.9 Å². The highest BCUT2D eigenvalue weighted by Gasteiger charge is 2.28. The summed E-state index contributed by atoms with van der Waals surface area (Å²) in [6.07, 6.45) is 3.02. The summed E-state index contributed by atoms with van der Waals surface area (Å²) in [5.41, 5.74) is 0.708. The van der Waals surface area contributed by atoms with Crippen LogP contribution in [-0.2, 0) is 23.9 Å². The van der Waals surface area contributed by atoms with Crippen LogP contribution in [0.15, 0.2) is 22.9 Å². The number of halogens is 1. The molecule has 1 heterocycles. The molecule has 0 atom stereocenters. The number of carbonyl (C=O) groups is 3. The highest BCUT2D eigenvalue weighted by Crippen LogP contribution is 2.24. The SMILES string of the molecule is COC(=O)C(/C=C(Cl)/C=C1\CC(=O)N1C)C(=O)OC. The van der Waals surface area contributed by atoms with Gasteiger partial charge in [-0.25, -0.2) is 0 Å². The second-order valence-corrected chi connectivity index (χ2v) is 4.28. The van der Waals surface area contributed by atoms with Gasteiger partial charge in [0, 0.05) is 17.8 Å². The smallest absolute Gasteiger partial charge is 0.324 e. The summed E-state index contributed by atoms with van der Waals surface area (Å²) in [4.78, 5) is 35.3. The molecule has 1 rings (SSSR count). The first kappa shape index (κ1) is 15.2. The molecule has 1 aliphatic rings. The number of hydrogen-bond acceptors (Lipinski definition) is 5. The number of rotatable bonds is 4. The molecule has 104 valence electrons. The van der Waals surface area contributed by atoms with Crippen LogP contribution in [0.5, 0.6) is 0 Å². The molecule has 19 heavy (non-hydrogen) atoms. The molecule has 1 saturated heterocycles. The number of nitrogens with zero attached hydrogens (tertiary/aromatic N) is 1. The molecule has 0 aromatic heterocycles. The quantitative estimate of drug-likeness (QED) is 0.435. The zero-order chi connectivity index (χ0) is 14.6. The number of likely N-dealkylation sites (tertiary alicyclic amines) is 1. The Kier molecular flexibility index (Phi) is 5.11. The molecule has 1 amide bonds. The van der Waals surface area contributed by atoms with E-state index in [2.05, 4.69) is 9.47 Å². The minimum absolute atomic E-state index is 0.0202. The van der Waals surface area contributed by atoms with Gasteiger partial charge in [-0.05, 0) is 12.2 Å². The van der Waals surface area contributed by atoms with Crippen LogP contribution >= 0.6 is 11.6 Å². The van der Waals surface area contributed by atoms with Gasteiger partial charge in [0.1, 0.15) is 0 Å². The molecule has 0 bridgehead atoms. The molecule has 0 radical (unpaired) electrons. The first-order valence-corrected chi connectivity index (χ1v) is 5.78. The van der Waals surface area contributed by atoms with Crippen molar-refractivity contribution in [2.24, 2.45) is 5.92 Å². The number of methoxy groups -OCH3 is 2. The molecule has 0 saturated carbocycles. The number of ether oxygens (including phenoxy) is 2. The van der Waals surface area contributed by atoms with Crippen molar-refractivity contribution in [3.63, 3.8) is 0 Å². The van der Waals surface area contributed by atoms with Crippen LogP contribution in [-0.4, -0.2) is 44.0 Å². The van der Waals surface area contributed by atoms with Crippen molar-refractivity contribution in [3.05, 3.63) is 22.9 Å². The summed E-state index contributed by atoms with van der Waals surface area (Å²) in [7, 11) is 3.94. The van der Waals surface area contributed by atoms with Gasteiger partial charge in [0.05, 0.1) is 20.6 Å². The van der Waals surface area contributed by atoms with Gasteiger partial charge in [-0.15, -0.1) is 0 Å². The lowest BCUT2D eigenvalue weighted by Gasteiger charge is -2.29. The largest absolute Gasteiger partial charge is 0.468 e. The Labute approximate surface area is 115 Å². The number of esters is 2. The van der Waals surface area contributed by atoms with Crippen molar-refractivity contribution in [2.45, 2.75) is 6.42 Å². The van der Waals surface area contributed by atoms with Gasteiger partial charge in [0.2, 0.25) is 5.91 Å². The number of amides is 1. The summed E-state index contributed by atoms with van der Waals surface area (Å²) in [5.74, 6) is -2.77. The zero-order valence-electron chi connectivity index (χ0n) is 10.8. The lowest BCUT2D eigenvalue weighted by Crippen LogP contribution is -2.37. The van der Waals surface area contributed by atoms with Gasteiger partial charge in [-0.1, -0.05) is 11.6 Å². The van der Waals surface area contributed by atoms with Crippen molar-refractivity contribution in [3.8, 4) is 0 Å². The average molecular weight is 288 g/mol. The first-order chi connectivity index (χ1) is 8.90. The average Bonchev–Trinajstić information content (AvgIpc) is 2.42. The summed E-state index contributed by atoms with van der Waals surface area (Å²) >= 11 is 5.93. The van der Waals surface area contributed by atoms with Crippen molar-refractivity contribution in [1.29, 1.82) is 0 Å². The van der Waals surface area contributed by atoms with E-state index in [1.54, 1.807) is 7.05 Å². The Balaban J connectivity index is 2.87. The van der Waals surface area contributed by atoms with Crippen LogP contribution in [0, 0.1) is 5.92 Å². The molecule has 0 spiro atoms. The van der Waals surface area contributed by atoms with Gasteiger partial charge in [-0.2, -0.15) is 0 Å². The van der Waals surface area contributed by atoms with E-state index < -0.39 is 17.9 Å². The maximum Gasteiger partial charge on any atom is 0.324 e. The van der Waals surface area contributed by atoms with Crippen LogP contribution < -0.4 is 0 Å². The Morgan fingerprint density at radius 1 is 1.32 bits per heavy atom. The fraction of sp³-hybridized carbons (Fsp3) is 0.417. The Hall–Kier alpha value is -1.82. The number of β-lactam (4-membered cyclic amide) rings is 1. The van der Waals surface area contributed by atoms with E-state index in [1.165, 1.54) is 17.1 Å². The van der Waals surface area contributed by atoms with E-state index in [-0.39, 0.29) is 17.4 Å². The minimum Gasteiger partial charge on any atom is -0.468 e. The molecule has 0 N–H and O–H groups in total. The van der Waals surface area contributed by atoms with Crippen molar-refractivity contribution in [1.82, 2.24) is 4.90 Å². The molecular formula is C12H14ClNO5. The molecule has 7 heteroatoms. The Morgan fingerprint density at radius 2 is 1.84 bits per heavy atom. The van der Waals surface area contributed by atoms with E-state index >= 15 is 0 Å². The van der Waals surface area contributed by atoms with Crippen LogP contribution in [0.3, 0.4) is 0 Å². The van der Waals surface area contributed by atoms with E-state index in [0.717, 1.165) is 14.2 Å². The maximum atomic E-state index is 11.4. The summed E-state index contributed by atoms with van der Waals surface area (Å²) in [6, 6.07) is 0. The number of carbonyl (C=O) groups excluding carboxylic acids is 3. The molecule has 1 aliphatic heterocycles. The highest BCUT2D eigenvalue weighted by molar-refractivity contribution is 6.31. The summed E-state index contributed by atoms with van der Waals surface area (Å²) in [5, 5.41) is 0.162.